The SMILES string of the molecule is C=CCn1nnnc1NCc1cc(OC)c(OCc2ccccc2Cl)cc1Br. The minimum Gasteiger partial charge on any atom is -0.493 e. The van der Waals surface area contributed by atoms with E-state index in [0.717, 1.165) is 15.6 Å². The molecule has 0 radical (unpaired) electrons. The van der Waals surface area contributed by atoms with Crippen molar-refractivity contribution in [2.24, 2.45) is 0 Å². The van der Waals surface area contributed by atoms with Crippen molar-refractivity contribution in [3.05, 3.63) is 69.7 Å². The Morgan fingerprint density at radius 2 is 2.07 bits per heavy atom. The number of rotatable bonds is 9. The van der Waals surface area contributed by atoms with Gasteiger partial charge < -0.3 is 14.8 Å². The van der Waals surface area contributed by atoms with Gasteiger partial charge >= 0.3 is 0 Å². The molecule has 0 atom stereocenters. The van der Waals surface area contributed by atoms with Crippen LogP contribution in [-0.4, -0.2) is 27.3 Å². The van der Waals surface area contributed by atoms with Crippen LogP contribution in [0.2, 0.25) is 5.02 Å². The van der Waals surface area contributed by atoms with Gasteiger partial charge in [-0.05, 0) is 34.2 Å². The summed E-state index contributed by atoms with van der Waals surface area (Å²) in [5, 5.41) is 15.4. The van der Waals surface area contributed by atoms with E-state index in [4.69, 9.17) is 21.1 Å². The predicted molar refractivity (Wildman–Crippen MR) is 112 cm³/mol. The zero-order valence-corrected chi connectivity index (χ0v) is 17.6. The summed E-state index contributed by atoms with van der Waals surface area (Å²) in [6.45, 7) is 5.06. The van der Waals surface area contributed by atoms with Gasteiger partial charge in [0.2, 0.25) is 5.95 Å². The standard InChI is InChI=1S/C19H19BrClN5O2/c1-3-8-26-19(23-24-25-26)22-11-14-9-17(27-2)18(10-15(14)20)28-12-13-6-4-5-7-16(13)21/h3-7,9-10H,1,8,11-12H2,2H3,(H,22,23,25). The maximum atomic E-state index is 6.19. The highest BCUT2D eigenvalue weighted by atomic mass is 79.9. The number of benzene rings is 2. The lowest BCUT2D eigenvalue weighted by Gasteiger charge is -2.15. The Kier molecular flexibility index (Phi) is 6.89. The molecule has 0 saturated carbocycles. The van der Waals surface area contributed by atoms with Gasteiger partial charge in [0, 0.05) is 21.6 Å². The zero-order chi connectivity index (χ0) is 19.9. The minimum atomic E-state index is 0.344. The molecule has 0 aliphatic heterocycles. The average molecular weight is 465 g/mol. The molecule has 0 aliphatic carbocycles. The highest BCUT2D eigenvalue weighted by molar-refractivity contribution is 9.10. The lowest BCUT2D eigenvalue weighted by molar-refractivity contribution is 0.284. The number of methoxy groups -OCH3 is 1. The van der Waals surface area contributed by atoms with Crippen molar-refractivity contribution in [2.75, 3.05) is 12.4 Å². The third-order valence-electron chi connectivity index (χ3n) is 3.94. The van der Waals surface area contributed by atoms with Crippen LogP contribution in [0.25, 0.3) is 0 Å². The highest BCUT2D eigenvalue weighted by Gasteiger charge is 2.13. The molecule has 0 saturated heterocycles. The highest BCUT2D eigenvalue weighted by Crippen LogP contribution is 2.34. The zero-order valence-electron chi connectivity index (χ0n) is 15.2. The average Bonchev–Trinajstić information content (AvgIpc) is 3.14. The summed E-state index contributed by atoms with van der Waals surface area (Å²) in [6, 6.07) is 11.3. The van der Waals surface area contributed by atoms with E-state index in [0.29, 0.717) is 42.2 Å². The summed E-state index contributed by atoms with van der Waals surface area (Å²) in [5.41, 5.74) is 1.87. The quantitative estimate of drug-likeness (QED) is 0.471. The summed E-state index contributed by atoms with van der Waals surface area (Å²) in [4.78, 5) is 0. The molecule has 28 heavy (non-hydrogen) atoms. The topological polar surface area (TPSA) is 74.1 Å². The number of aromatic nitrogens is 4. The molecule has 0 spiro atoms. The number of ether oxygens (including phenoxy) is 2. The summed E-state index contributed by atoms with van der Waals surface area (Å²) in [7, 11) is 1.60. The van der Waals surface area contributed by atoms with Gasteiger partial charge in [0.25, 0.3) is 0 Å². The van der Waals surface area contributed by atoms with Crippen molar-refractivity contribution in [2.45, 2.75) is 19.7 Å². The van der Waals surface area contributed by atoms with E-state index in [1.54, 1.807) is 17.9 Å². The fraction of sp³-hybridized carbons (Fsp3) is 0.211. The van der Waals surface area contributed by atoms with Gasteiger partial charge in [0.15, 0.2) is 11.5 Å². The summed E-state index contributed by atoms with van der Waals surface area (Å²) in [6.07, 6.45) is 1.73. The maximum absolute atomic E-state index is 6.19. The third kappa shape index (κ3) is 4.82. The molecule has 3 rings (SSSR count). The minimum absolute atomic E-state index is 0.344. The van der Waals surface area contributed by atoms with Crippen molar-refractivity contribution in [1.29, 1.82) is 0 Å². The normalized spacial score (nSPS) is 10.5. The number of halogens is 2. The van der Waals surface area contributed by atoms with Crippen LogP contribution in [0, 0.1) is 0 Å². The van der Waals surface area contributed by atoms with Gasteiger partial charge in [-0.15, -0.1) is 6.58 Å². The van der Waals surface area contributed by atoms with Crippen LogP contribution in [0.3, 0.4) is 0 Å². The molecule has 0 fully saturated rings. The molecule has 1 aromatic heterocycles. The Balaban J connectivity index is 1.73. The molecular weight excluding hydrogens is 446 g/mol. The molecule has 0 amide bonds. The molecule has 3 aromatic rings. The van der Waals surface area contributed by atoms with Crippen molar-refractivity contribution < 1.29 is 9.47 Å². The van der Waals surface area contributed by atoms with Gasteiger partial charge in [-0.25, -0.2) is 4.68 Å². The first-order valence-electron chi connectivity index (χ1n) is 8.46. The number of hydrogen-bond donors (Lipinski definition) is 1. The van der Waals surface area contributed by atoms with E-state index in [-0.39, 0.29) is 0 Å². The van der Waals surface area contributed by atoms with Crippen molar-refractivity contribution in [3.63, 3.8) is 0 Å². The van der Waals surface area contributed by atoms with Crippen LogP contribution >= 0.6 is 27.5 Å². The molecule has 2 aromatic carbocycles. The Labute approximate surface area is 176 Å². The van der Waals surface area contributed by atoms with Crippen LogP contribution in [0.4, 0.5) is 5.95 Å². The summed E-state index contributed by atoms with van der Waals surface area (Å²) in [5.74, 6) is 1.80. The second-order valence-electron chi connectivity index (χ2n) is 5.80. The van der Waals surface area contributed by atoms with Gasteiger partial charge in [-0.3, -0.25) is 0 Å². The van der Waals surface area contributed by atoms with Crippen LogP contribution in [0.1, 0.15) is 11.1 Å². The van der Waals surface area contributed by atoms with Gasteiger partial charge in [0.05, 0.1) is 13.7 Å². The number of tetrazole rings is 1. The number of allylic oxidation sites excluding steroid dienone is 1. The number of anilines is 1. The smallest absolute Gasteiger partial charge is 0.243 e. The molecule has 146 valence electrons. The maximum Gasteiger partial charge on any atom is 0.243 e. The van der Waals surface area contributed by atoms with Crippen LogP contribution in [-0.2, 0) is 19.7 Å². The van der Waals surface area contributed by atoms with E-state index >= 15 is 0 Å². The number of nitrogens with zero attached hydrogens (tertiary/aromatic N) is 4. The van der Waals surface area contributed by atoms with E-state index in [9.17, 15) is 0 Å². The number of hydrogen-bond acceptors (Lipinski definition) is 6. The summed E-state index contributed by atoms with van der Waals surface area (Å²) < 4.78 is 13.9. The Hall–Kier alpha value is -2.58. The van der Waals surface area contributed by atoms with E-state index in [1.165, 1.54) is 0 Å². The Morgan fingerprint density at radius 1 is 1.25 bits per heavy atom. The van der Waals surface area contributed by atoms with Crippen LogP contribution < -0.4 is 14.8 Å². The molecule has 1 N–H and O–H groups in total. The second-order valence-corrected chi connectivity index (χ2v) is 7.06. The predicted octanol–water partition coefficient (Wildman–Crippen LogP) is 4.47. The first kappa shape index (κ1) is 20.2. The first-order valence-corrected chi connectivity index (χ1v) is 9.63. The lowest BCUT2D eigenvalue weighted by Crippen LogP contribution is -2.09. The van der Waals surface area contributed by atoms with Gasteiger partial charge in [-0.1, -0.05) is 56.9 Å². The van der Waals surface area contributed by atoms with E-state index < -0.39 is 0 Å². The molecule has 9 heteroatoms. The second kappa shape index (κ2) is 9.57. The largest absolute Gasteiger partial charge is 0.493 e. The Morgan fingerprint density at radius 3 is 2.82 bits per heavy atom. The van der Waals surface area contributed by atoms with Crippen molar-refractivity contribution >= 4 is 33.5 Å². The van der Waals surface area contributed by atoms with Gasteiger partial charge in [-0.2, -0.15) is 0 Å². The van der Waals surface area contributed by atoms with E-state index in [1.807, 2.05) is 36.4 Å². The Bertz CT molecular complexity index is 963. The third-order valence-corrected chi connectivity index (χ3v) is 5.05. The molecule has 0 bridgehead atoms. The van der Waals surface area contributed by atoms with E-state index in [2.05, 4.69) is 43.4 Å². The fourth-order valence-corrected chi connectivity index (χ4v) is 3.16. The molecule has 1 heterocycles. The molecule has 0 aliphatic rings. The van der Waals surface area contributed by atoms with Crippen molar-refractivity contribution in [1.82, 2.24) is 20.2 Å². The fourth-order valence-electron chi connectivity index (χ4n) is 2.51. The first-order chi connectivity index (χ1) is 13.6. The molecule has 0 unspecified atom stereocenters. The van der Waals surface area contributed by atoms with Crippen LogP contribution in [0.5, 0.6) is 11.5 Å². The lowest BCUT2D eigenvalue weighted by atomic mass is 10.2. The molecule has 7 nitrogen and oxygen atoms in total. The number of nitrogens with one attached hydrogen (secondary N) is 1. The van der Waals surface area contributed by atoms with Gasteiger partial charge in [0.1, 0.15) is 6.61 Å². The van der Waals surface area contributed by atoms with Crippen molar-refractivity contribution in [3.8, 4) is 11.5 Å². The molecular formula is C19H19BrClN5O2. The summed E-state index contributed by atoms with van der Waals surface area (Å²) >= 11 is 9.78. The monoisotopic (exact) mass is 463 g/mol. The van der Waals surface area contributed by atoms with Crippen LogP contribution in [0.15, 0.2) is 53.5 Å².